The standard InChI is InChI=1S/C20H23NO4S/c1-26(23,24)14-15-6-4-7-16(12-15)20(22)21-17-8-5-11-19(13-17)25-18-9-2-3-10-18/h4-8,11-13,18H,2-3,9-10,14H2,1H3,(H,21,22). The van der Waals surface area contributed by atoms with E-state index < -0.39 is 9.84 Å². The number of benzene rings is 2. The SMILES string of the molecule is CS(=O)(=O)Cc1cccc(C(=O)Nc2cccc(OC3CCCC3)c2)c1. The lowest BCUT2D eigenvalue weighted by Crippen LogP contribution is -2.14. The number of anilines is 1. The summed E-state index contributed by atoms with van der Waals surface area (Å²) in [6.07, 6.45) is 5.98. The normalized spacial score (nSPS) is 15.0. The highest BCUT2D eigenvalue weighted by atomic mass is 32.2. The van der Waals surface area contributed by atoms with Gasteiger partial charge in [-0.3, -0.25) is 4.79 Å². The molecule has 0 unspecified atom stereocenters. The molecule has 0 bridgehead atoms. The Labute approximate surface area is 154 Å². The first-order valence-electron chi connectivity index (χ1n) is 8.74. The van der Waals surface area contributed by atoms with Crippen molar-refractivity contribution < 1.29 is 17.9 Å². The fourth-order valence-corrected chi connectivity index (χ4v) is 3.94. The Balaban J connectivity index is 1.68. The van der Waals surface area contributed by atoms with Gasteiger partial charge in [0.05, 0.1) is 11.9 Å². The lowest BCUT2D eigenvalue weighted by atomic mass is 10.1. The molecule has 1 N–H and O–H groups in total. The van der Waals surface area contributed by atoms with Crippen molar-refractivity contribution in [3.8, 4) is 5.75 Å². The van der Waals surface area contributed by atoms with Crippen molar-refractivity contribution >= 4 is 21.4 Å². The van der Waals surface area contributed by atoms with Gasteiger partial charge in [-0.15, -0.1) is 0 Å². The molecule has 5 nitrogen and oxygen atoms in total. The zero-order valence-electron chi connectivity index (χ0n) is 14.8. The summed E-state index contributed by atoms with van der Waals surface area (Å²) in [5.41, 5.74) is 1.67. The van der Waals surface area contributed by atoms with Crippen molar-refractivity contribution in [1.82, 2.24) is 0 Å². The van der Waals surface area contributed by atoms with Crippen LogP contribution in [-0.2, 0) is 15.6 Å². The second-order valence-electron chi connectivity index (χ2n) is 6.78. The molecule has 0 aromatic heterocycles. The second-order valence-corrected chi connectivity index (χ2v) is 8.92. The molecule has 0 saturated heterocycles. The Morgan fingerprint density at radius 3 is 2.58 bits per heavy atom. The van der Waals surface area contributed by atoms with E-state index in [4.69, 9.17) is 4.74 Å². The van der Waals surface area contributed by atoms with E-state index in [0.717, 1.165) is 18.6 Å². The maximum atomic E-state index is 12.5. The van der Waals surface area contributed by atoms with Gasteiger partial charge in [0.2, 0.25) is 0 Å². The predicted molar refractivity (Wildman–Crippen MR) is 102 cm³/mol. The molecule has 138 valence electrons. The van der Waals surface area contributed by atoms with Gasteiger partial charge in [0.15, 0.2) is 9.84 Å². The Morgan fingerprint density at radius 1 is 1.12 bits per heavy atom. The average molecular weight is 373 g/mol. The van der Waals surface area contributed by atoms with Crippen LogP contribution in [0.4, 0.5) is 5.69 Å². The van der Waals surface area contributed by atoms with Crippen LogP contribution in [0.2, 0.25) is 0 Å². The summed E-state index contributed by atoms with van der Waals surface area (Å²) in [7, 11) is -3.14. The van der Waals surface area contributed by atoms with Crippen molar-refractivity contribution in [1.29, 1.82) is 0 Å². The lowest BCUT2D eigenvalue weighted by Gasteiger charge is -2.14. The van der Waals surface area contributed by atoms with E-state index in [9.17, 15) is 13.2 Å². The van der Waals surface area contributed by atoms with Crippen LogP contribution in [0.15, 0.2) is 48.5 Å². The topological polar surface area (TPSA) is 72.5 Å². The molecule has 3 rings (SSSR count). The first-order valence-corrected chi connectivity index (χ1v) is 10.8. The third kappa shape index (κ3) is 5.33. The molecule has 1 amide bonds. The van der Waals surface area contributed by atoms with Gasteiger partial charge in [-0.1, -0.05) is 18.2 Å². The maximum absolute atomic E-state index is 12.5. The summed E-state index contributed by atoms with van der Waals surface area (Å²) < 4.78 is 28.8. The van der Waals surface area contributed by atoms with E-state index in [1.807, 2.05) is 18.2 Å². The number of rotatable bonds is 6. The quantitative estimate of drug-likeness (QED) is 0.836. The molecule has 1 saturated carbocycles. The molecular weight excluding hydrogens is 350 g/mol. The maximum Gasteiger partial charge on any atom is 0.255 e. The molecule has 1 aliphatic rings. The minimum atomic E-state index is -3.14. The number of amides is 1. The minimum Gasteiger partial charge on any atom is -0.490 e. The third-order valence-electron chi connectivity index (χ3n) is 4.31. The van der Waals surface area contributed by atoms with Crippen molar-refractivity contribution in [3.05, 3.63) is 59.7 Å². The van der Waals surface area contributed by atoms with E-state index in [1.165, 1.54) is 19.1 Å². The van der Waals surface area contributed by atoms with Crippen LogP contribution in [-0.4, -0.2) is 26.7 Å². The Kier molecular flexibility index (Phi) is 5.61. The molecule has 6 heteroatoms. The number of sulfone groups is 1. The number of hydrogen-bond acceptors (Lipinski definition) is 4. The summed E-state index contributed by atoms with van der Waals surface area (Å²) >= 11 is 0. The zero-order chi connectivity index (χ0) is 18.6. The third-order valence-corrected chi connectivity index (χ3v) is 5.17. The highest BCUT2D eigenvalue weighted by molar-refractivity contribution is 7.89. The van der Waals surface area contributed by atoms with Crippen LogP contribution in [0.1, 0.15) is 41.6 Å². The predicted octanol–water partition coefficient (Wildman–Crippen LogP) is 3.80. The monoisotopic (exact) mass is 373 g/mol. The molecule has 1 fully saturated rings. The summed E-state index contributed by atoms with van der Waals surface area (Å²) in [4.78, 5) is 12.5. The van der Waals surface area contributed by atoms with Gasteiger partial charge in [0, 0.05) is 23.6 Å². The Bertz CT molecular complexity index is 886. The van der Waals surface area contributed by atoms with Crippen LogP contribution in [0.5, 0.6) is 5.75 Å². The Morgan fingerprint density at radius 2 is 1.85 bits per heavy atom. The molecule has 1 aliphatic carbocycles. The van der Waals surface area contributed by atoms with E-state index in [2.05, 4.69) is 5.32 Å². The van der Waals surface area contributed by atoms with Gasteiger partial charge in [-0.2, -0.15) is 0 Å². The molecular formula is C20H23NO4S. The van der Waals surface area contributed by atoms with Gasteiger partial charge < -0.3 is 10.1 Å². The molecule has 0 spiro atoms. The molecule has 26 heavy (non-hydrogen) atoms. The van der Waals surface area contributed by atoms with Gasteiger partial charge in [0.1, 0.15) is 5.75 Å². The highest BCUT2D eigenvalue weighted by Crippen LogP contribution is 2.26. The smallest absolute Gasteiger partial charge is 0.255 e. The van der Waals surface area contributed by atoms with E-state index in [-0.39, 0.29) is 17.8 Å². The van der Waals surface area contributed by atoms with Crippen LogP contribution < -0.4 is 10.1 Å². The van der Waals surface area contributed by atoms with Gasteiger partial charge in [-0.05, 0) is 55.5 Å². The first-order chi connectivity index (χ1) is 12.4. The van der Waals surface area contributed by atoms with Gasteiger partial charge >= 0.3 is 0 Å². The first kappa shape index (κ1) is 18.5. The molecule has 0 heterocycles. The van der Waals surface area contributed by atoms with Crippen molar-refractivity contribution in [3.63, 3.8) is 0 Å². The van der Waals surface area contributed by atoms with E-state index >= 15 is 0 Å². The largest absolute Gasteiger partial charge is 0.490 e. The number of hydrogen-bond donors (Lipinski definition) is 1. The minimum absolute atomic E-state index is 0.0845. The van der Waals surface area contributed by atoms with Crippen molar-refractivity contribution in [2.24, 2.45) is 0 Å². The number of nitrogens with one attached hydrogen (secondary N) is 1. The number of carbonyl (C=O) groups is 1. The van der Waals surface area contributed by atoms with Gasteiger partial charge in [0.25, 0.3) is 5.91 Å². The molecule has 0 radical (unpaired) electrons. The second kappa shape index (κ2) is 7.91. The summed E-state index contributed by atoms with van der Waals surface area (Å²) in [6.45, 7) is 0. The molecule has 2 aromatic rings. The van der Waals surface area contributed by atoms with Crippen LogP contribution in [0.25, 0.3) is 0 Å². The fourth-order valence-electron chi connectivity index (χ4n) is 3.15. The van der Waals surface area contributed by atoms with Gasteiger partial charge in [-0.25, -0.2) is 8.42 Å². The highest BCUT2D eigenvalue weighted by Gasteiger charge is 2.16. The summed E-state index contributed by atoms with van der Waals surface area (Å²) in [5.74, 6) is 0.387. The van der Waals surface area contributed by atoms with Crippen LogP contribution in [0.3, 0.4) is 0 Å². The fraction of sp³-hybridized carbons (Fsp3) is 0.350. The molecule has 0 atom stereocenters. The number of ether oxygens (including phenoxy) is 1. The zero-order valence-corrected chi connectivity index (χ0v) is 15.6. The van der Waals surface area contributed by atoms with Crippen molar-refractivity contribution in [2.75, 3.05) is 11.6 Å². The molecule has 2 aromatic carbocycles. The Hall–Kier alpha value is -2.34. The van der Waals surface area contributed by atoms with E-state index in [1.54, 1.807) is 30.3 Å². The van der Waals surface area contributed by atoms with E-state index in [0.29, 0.717) is 16.8 Å². The lowest BCUT2D eigenvalue weighted by molar-refractivity contribution is 0.102. The van der Waals surface area contributed by atoms with Crippen LogP contribution in [0, 0.1) is 0 Å². The average Bonchev–Trinajstić information content (AvgIpc) is 3.07. The van der Waals surface area contributed by atoms with Crippen LogP contribution >= 0.6 is 0 Å². The number of carbonyl (C=O) groups excluding carboxylic acids is 1. The summed E-state index contributed by atoms with van der Waals surface area (Å²) in [6, 6.07) is 14.0. The molecule has 0 aliphatic heterocycles. The summed E-state index contributed by atoms with van der Waals surface area (Å²) in [5, 5.41) is 2.85. The van der Waals surface area contributed by atoms with Crippen molar-refractivity contribution in [2.45, 2.75) is 37.5 Å².